The van der Waals surface area contributed by atoms with Crippen LogP contribution in [-0.2, 0) is 4.79 Å². The second kappa shape index (κ2) is 10.5. The van der Waals surface area contributed by atoms with Crippen molar-refractivity contribution in [3.05, 3.63) is 35.9 Å². The topological polar surface area (TPSA) is 47.9 Å². The number of likely N-dealkylation sites (tertiary alicyclic amines) is 1. The summed E-state index contributed by atoms with van der Waals surface area (Å²) in [7, 11) is 3.73. The van der Waals surface area contributed by atoms with Crippen LogP contribution in [0.15, 0.2) is 35.3 Å². The van der Waals surface area contributed by atoms with Gasteiger partial charge in [-0.1, -0.05) is 43.2 Å². The molecule has 156 valence electrons. The van der Waals surface area contributed by atoms with Gasteiger partial charge in [-0.05, 0) is 31.7 Å². The normalized spacial score (nSPS) is 21.3. The number of benzene rings is 1. The van der Waals surface area contributed by atoms with E-state index in [1.54, 1.807) is 4.90 Å². The Kier molecular flexibility index (Phi) is 8.58. The van der Waals surface area contributed by atoms with Crippen molar-refractivity contribution in [2.45, 2.75) is 44.9 Å². The number of carbonyl (C=O) groups is 1. The molecule has 0 bridgehead atoms. The van der Waals surface area contributed by atoms with Gasteiger partial charge >= 0.3 is 0 Å². The summed E-state index contributed by atoms with van der Waals surface area (Å²) in [5.74, 6) is 1.76. The van der Waals surface area contributed by atoms with Crippen molar-refractivity contribution in [1.82, 2.24) is 15.1 Å². The molecule has 0 radical (unpaired) electrons. The van der Waals surface area contributed by atoms with Crippen molar-refractivity contribution in [3.8, 4) is 0 Å². The number of rotatable bonds is 5. The first-order valence-corrected chi connectivity index (χ1v) is 10.4. The lowest BCUT2D eigenvalue weighted by Gasteiger charge is -2.30. The van der Waals surface area contributed by atoms with Crippen LogP contribution in [0.5, 0.6) is 0 Å². The number of halogens is 1. The lowest BCUT2D eigenvalue weighted by atomic mass is 9.85. The van der Waals surface area contributed by atoms with Gasteiger partial charge in [0.2, 0.25) is 5.91 Å². The van der Waals surface area contributed by atoms with Crippen molar-refractivity contribution < 1.29 is 4.79 Å². The number of hydrogen-bond acceptors (Lipinski definition) is 2. The number of nitrogens with zero attached hydrogens (tertiary/aromatic N) is 3. The summed E-state index contributed by atoms with van der Waals surface area (Å²) < 4.78 is 0. The van der Waals surface area contributed by atoms with Crippen LogP contribution in [0.2, 0.25) is 0 Å². The van der Waals surface area contributed by atoms with Gasteiger partial charge in [0, 0.05) is 39.6 Å². The molecule has 1 aromatic rings. The summed E-state index contributed by atoms with van der Waals surface area (Å²) in [5.41, 5.74) is 1.11. The van der Waals surface area contributed by atoms with Crippen LogP contribution < -0.4 is 5.32 Å². The standard InChI is InChI=1S/C22H34N4O.HI/c1-4-23-21(24-17-22(13-8-9-14-22)20(27)25(2)3)26-15-12-19(16-26)18-10-6-5-7-11-18;/h5-7,10-11,19H,4,8-9,12-17H2,1-3H3,(H,23,24);1H. The van der Waals surface area contributed by atoms with Gasteiger partial charge in [-0.15, -0.1) is 24.0 Å². The summed E-state index contributed by atoms with van der Waals surface area (Å²) in [5, 5.41) is 3.46. The minimum absolute atomic E-state index is 0. The molecule has 2 aliphatic rings. The van der Waals surface area contributed by atoms with E-state index in [1.807, 2.05) is 14.1 Å². The van der Waals surface area contributed by atoms with Crippen LogP contribution in [0.25, 0.3) is 0 Å². The van der Waals surface area contributed by atoms with Gasteiger partial charge in [-0.3, -0.25) is 9.79 Å². The maximum atomic E-state index is 12.8. The van der Waals surface area contributed by atoms with Crippen molar-refractivity contribution in [2.24, 2.45) is 10.4 Å². The molecule has 5 nitrogen and oxygen atoms in total. The Morgan fingerprint density at radius 1 is 1.25 bits per heavy atom. The molecule has 1 saturated heterocycles. The molecule has 1 heterocycles. The number of amides is 1. The summed E-state index contributed by atoms with van der Waals surface area (Å²) in [4.78, 5) is 21.9. The van der Waals surface area contributed by atoms with Gasteiger partial charge in [-0.2, -0.15) is 0 Å². The fourth-order valence-electron chi connectivity index (χ4n) is 4.57. The highest BCUT2D eigenvalue weighted by Gasteiger charge is 2.42. The van der Waals surface area contributed by atoms with E-state index in [-0.39, 0.29) is 35.3 Å². The summed E-state index contributed by atoms with van der Waals surface area (Å²) in [6, 6.07) is 10.8. The van der Waals surface area contributed by atoms with Crippen LogP contribution >= 0.6 is 24.0 Å². The number of carbonyl (C=O) groups excluding carboxylic acids is 1. The number of aliphatic imine (C=N–C) groups is 1. The van der Waals surface area contributed by atoms with Crippen molar-refractivity contribution in [2.75, 3.05) is 40.3 Å². The first-order chi connectivity index (χ1) is 13.1. The Labute approximate surface area is 187 Å². The van der Waals surface area contributed by atoms with Gasteiger partial charge in [0.1, 0.15) is 0 Å². The van der Waals surface area contributed by atoms with E-state index in [4.69, 9.17) is 4.99 Å². The molecule has 1 N–H and O–H groups in total. The SMILES string of the molecule is CCNC(=NCC1(C(=O)N(C)C)CCCC1)N1CCC(c2ccccc2)C1.I. The molecular formula is C22H35IN4O. The van der Waals surface area contributed by atoms with Gasteiger partial charge in [0.25, 0.3) is 0 Å². The van der Waals surface area contributed by atoms with Crippen LogP contribution in [0, 0.1) is 5.41 Å². The molecule has 2 fully saturated rings. The monoisotopic (exact) mass is 498 g/mol. The van der Waals surface area contributed by atoms with Gasteiger partial charge in [0.05, 0.1) is 12.0 Å². The summed E-state index contributed by atoms with van der Waals surface area (Å²) in [6.07, 6.45) is 5.33. The van der Waals surface area contributed by atoms with Crippen molar-refractivity contribution >= 4 is 35.8 Å². The maximum Gasteiger partial charge on any atom is 0.230 e. The zero-order chi connectivity index (χ0) is 19.3. The third kappa shape index (κ3) is 5.19. The smallest absolute Gasteiger partial charge is 0.230 e. The van der Waals surface area contributed by atoms with Crippen LogP contribution in [0.4, 0.5) is 0 Å². The Bertz CT molecular complexity index is 656. The van der Waals surface area contributed by atoms with E-state index in [2.05, 4.69) is 47.5 Å². The number of hydrogen-bond donors (Lipinski definition) is 1. The molecule has 0 spiro atoms. The van der Waals surface area contributed by atoms with E-state index in [9.17, 15) is 4.79 Å². The average molecular weight is 498 g/mol. The minimum Gasteiger partial charge on any atom is -0.357 e. The highest BCUT2D eigenvalue weighted by atomic mass is 127. The van der Waals surface area contributed by atoms with E-state index in [1.165, 1.54) is 5.56 Å². The fourth-order valence-corrected chi connectivity index (χ4v) is 4.57. The predicted molar refractivity (Wildman–Crippen MR) is 126 cm³/mol. The third-order valence-corrected chi connectivity index (χ3v) is 6.05. The molecule has 3 rings (SSSR count). The minimum atomic E-state index is -0.303. The van der Waals surface area contributed by atoms with E-state index in [0.717, 1.165) is 57.7 Å². The van der Waals surface area contributed by atoms with E-state index in [0.29, 0.717) is 12.5 Å². The number of guanidine groups is 1. The van der Waals surface area contributed by atoms with Gasteiger partial charge < -0.3 is 15.1 Å². The first-order valence-electron chi connectivity index (χ1n) is 10.4. The average Bonchev–Trinajstić information content (AvgIpc) is 3.36. The van der Waals surface area contributed by atoms with Crippen LogP contribution in [0.3, 0.4) is 0 Å². The molecule has 1 unspecified atom stereocenters. The molecule has 1 aliphatic heterocycles. The Hall–Kier alpha value is -1.31. The number of nitrogens with one attached hydrogen (secondary N) is 1. The van der Waals surface area contributed by atoms with E-state index >= 15 is 0 Å². The van der Waals surface area contributed by atoms with Gasteiger partial charge in [0.15, 0.2) is 5.96 Å². The molecule has 0 aromatic heterocycles. The zero-order valence-electron chi connectivity index (χ0n) is 17.5. The molecule has 28 heavy (non-hydrogen) atoms. The van der Waals surface area contributed by atoms with Crippen LogP contribution in [-0.4, -0.2) is 61.9 Å². The summed E-state index contributed by atoms with van der Waals surface area (Å²) >= 11 is 0. The Morgan fingerprint density at radius 3 is 2.54 bits per heavy atom. The Morgan fingerprint density at radius 2 is 1.93 bits per heavy atom. The quantitative estimate of drug-likeness (QED) is 0.383. The highest BCUT2D eigenvalue weighted by Crippen LogP contribution is 2.40. The Balaban J connectivity index is 0.00000280. The second-order valence-electron chi connectivity index (χ2n) is 8.20. The highest BCUT2D eigenvalue weighted by molar-refractivity contribution is 14.0. The predicted octanol–water partition coefficient (Wildman–Crippen LogP) is 3.71. The van der Waals surface area contributed by atoms with Crippen molar-refractivity contribution in [3.63, 3.8) is 0 Å². The third-order valence-electron chi connectivity index (χ3n) is 6.05. The molecule has 6 heteroatoms. The molecule has 1 atom stereocenters. The van der Waals surface area contributed by atoms with Gasteiger partial charge in [-0.25, -0.2) is 0 Å². The van der Waals surface area contributed by atoms with Crippen LogP contribution in [0.1, 0.15) is 50.5 Å². The molecule has 1 aliphatic carbocycles. The molecule has 1 amide bonds. The second-order valence-corrected chi connectivity index (χ2v) is 8.20. The largest absolute Gasteiger partial charge is 0.357 e. The summed E-state index contributed by atoms with van der Waals surface area (Å²) in [6.45, 7) is 5.56. The van der Waals surface area contributed by atoms with E-state index < -0.39 is 0 Å². The fraction of sp³-hybridized carbons (Fsp3) is 0.636. The lowest BCUT2D eigenvalue weighted by molar-refractivity contribution is -0.138. The molecule has 1 saturated carbocycles. The lowest BCUT2D eigenvalue weighted by Crippen LogP contribution is -2.44. The van der Waals surface area contributed by atoms with Crippen molar-refractivity contribution in [1.29, 1.82) is 0 Å². The molecular weight excluding hydrogens is 463 g/mol. The maximum absolute atomic E-state index is 12.8. The molecule has 1 aromatic carbocycles. The first kappa shape index (κ1) is 23.0. The zero-order valence-corrected chi connectivity index (χ0v) is 19.8.